The fourth-order valence-corrected chi connectivity index (χ4v) is 3.40. The number of amides is 2. The highest BCUT2D eigenvalue weighted by Gasteiger charge is 2.28. The minimum Gasteiger partial charge on any atom is -0.355 e. The molecular formula is C21H19N3O3. The molecular weight excluding hydrogens is 342 g/mol. The summed E-state index contributed by atoms with van der Waals surface area (Å²) in [6.07, 6.45) is 1.71. The number of aromatic nitrogens is 1. The molecule has 2 aromatic carbocycles. The van der Waals surface area contributed by atoms with Gasteiger partial charge in [0, 0.05) is 25.1 Å². The Balaban J connectivity index is 1.69. The molecule has 2 heterocycles. The Hall–Kier alpha value is -3.41. The summed E-state index contributed by atoms with van der Waals surface area (Å²) in [6.45, 7) is 2.02. The van der Waals surface area contributed by atoms with Crippen LogP contribution in [0.4, 0.5) is 11.4 Å². The van der Waals surface area contributed by atoms with Crippen LogP contribution in [-0.2, 0) is 11.2 Å². The van der Waals surface area contributed by atoms with E-state index in [4.69, 9.17) is 4.52 Å². The first-order valence-electron chi connectivity index (χ1n) is 8.87. The molecule has 0 atom stereocenters. The molecule has 6 heteroatoms. The summed E-state index contributed by atoms with van der Waals surface area (Å²) in [5.74, 6) is 0.139. The zero-order chi connectivity index (χ0) is 18.8. The number of nitrogens with one attached hydrogen (secondary N) is 1. The van der Waals surface area contributed by atoms with Crippen LogP contribution in [0.3, 0.4) is 0 Å². The van der Waals surface area contributed by atoms with E-state index in [0.29, 0.717) is 18.0 Å². The van der Waals surface area contributed by atoms with Gasteiger partial charge in [0.15, 0.2) is 11.5 Å². The molecule has 1 aromatic heterocycles. The standard InChI is InChI=1S/C21H19N3O3/c1-14(25)22-17-11-5-9-16-10-6-12-24(20(16)17)21(26)18-13-19(27-23-18)15-7-3-2-4-8-15/h2-5,7-9,11,13H,6,10,12H2,1H3,(H,22,25). The van der Waals surface area contributed by atoms with E-state index in [0.717, 1.165) is 29.7 Å². The molecule has 6 nitrogen and oxygen atoms in total. The van der Waals surface area contributed by atoms with Crippen LogP contribution < -0.4 is 10.2 Å². The molecule has 136 valence electrons. The van der Waals surface area contributed by atoms with Crippen molar-refractivity contribution in [1.82, 2.24) is 5.16 Å². The van der Waals surface area contributed by atoms with Crippen LogP contribution in [0.25, 0.3) is 11.3 Å². The Morgan fingerprint density at radius 1 is 1.11 bits per heavy atom. The third-order valence-electron chi connectivity index (χ3n) is 4.56. The highest BCUT2D eigenvalue weighted by atomic mass is 16.5. The lowest BCUT2D eigenvalue weighted by molar-refractivity contribution is -0.114. The van der Waals surface area contributed by atoms with Crippen molar-refractivity contribution in [3.8, 4) is 11.3 Å². The predicted octanol–water partition coefficient (Wildman–Crippen LogP) is 3.89. The van der Waals surface area contributed by atoms with Crippen LogP contribution in [-0.4, -0.2) is 23.5 Å². The van der Waals surface area contributed by atoms with Gasteiger partial charge in [-0.05, 0) is 24.5 Å². The number of fused-ring (bicyclic) bond motifs is 1. The lowest BCUT2D eigenvalue weighted by atomic mass is 9.99. The minimum atomic E-state index is -0.236. The highest BCUT2D eigenvalue weighted by Crippen LogP contribution is 2.35. The van der Waals surface area contributed by atoms with E-state index >= 15 is 0 Å². The topological polar surface area (TPSA) is 75.4 Å². The molecule has 1 N–H and O–H groups in total. The van der Waals surface area contributed by atoms with Gasteiger partial charge in [-0.3, -0.25) is 9.59 Å². The van der Waals surface area contributed by atoms with Gasteiger partial charge >= 0.3 is 0 Å². The first-order valence-corrected chi connectivity index (χ1v) is 8.87. The Labute approximate surface area is 156 Å². The van der Waals surface area contributed by atoms with Crippen molar-refractivity contribution in [1.29, 1.82) is 0 Å². The molecule has 4 rings (SSSR count). The average molecular weight is 361 g/mol. The van der Waals surface area contributed by atoms with E-state index in [1.54, 1.807) is 11.0 Å². The lowest BCUT2D eigenvalue weighted by Crippen LogP contribution is -2.36. The summed E-state index contributed by atoms with van der Waals surface area (Å²) in [5.41, 5.74) is 3.53. The Kier molecular flexibility index (Phi) is 4.46. The maximum absolute atomic E-state index is 13.1. The number of carbonyl (C=O) groups excluding carboxylic acids is 2. The van der Waals surface area contributed by atoms with Crippen molar-refractivity contribution in [2.24, 2.45) is 0 Å². The Morgan fingerprint density at radius 2 is 1.93 bits per heavy atom. The summed E-state index contributed by atoms with van der Waals surface area (Å²) in [4.78, 5) is 26.4. The largest absolute Gasteiger partial charge is 0.355 e. The summed E-state index contributed by atoms with van der Waals surface area (Å²) in [6, 6.07) is 16.9. The van der Waals surface area contributed by atoms with Gasteiger partial charge in [-0.25, -0.2) is 0 Å². The number of rotatable bonds is 3. The van der Waals surface area contributed by atoms with E-state index < -0.39 is 0 Å². The first kappa shape index (κ1) is 17.0. The molecule has 1 aliphatic heterocycles. The maximum atomic E-state index is 13.1. The molecule has 0 saturated heterocycles. The molecule has 0 saturated carbocycles. The van der Waals surface area contributed by atoms with Crippen molar-refractivity contribution in [3.05, 3.63) is 65.9 Å². The average Bonchev–Trinajstić information content (AvgIpc) is 3.18. The smallest absolute Gasteiger partial charge is 0.280 e. The normalized spacial score (nSPS) is 13.1. The molecule has 0 aliphatic carbocycles. The second-order valence-corrected chi connectivity index (χ2v) is 6.50. The number of carbonyl (C=O) groups is 2. The van der Waals surface area contributed by atoms with Gasteiger partial charge in [-0.1, -0.05) is 47.6 Å². The van der Waals surface area contributed by atoms with Gasteiger partial charge in [-0.15, -0.1) is 0 Å². The number of hydrogen-bond acceptors (Lipinski definition) is 4. The van der Waals surface area contributed by atoms with Gasteiger partial charge in [0.25, 0.3) is 5.91 Å². The quantitative estimate of drug-likeness (QED) is 0.768. The number of aryl methyl sites for hydroxylation is 1. The van der Waals surface area contributed by atoms with Crippen LogP contribution in [0.15, 0.2) is 59.1 Å². The van der Waals surface area contributed by atoms with Gasteiger partial charge < -0.3 is 14.7 Å². The maximum Gasteiger partial charge on any atom is 0.280 e. The number of nitrogens with zero attached hydrogens (tertiary/aromatic N) is 2. The van der Waals surface area contributed by atoms with Crippen molar-refractivity contribution in [2.75, 3.05) is 16.8 Å². The fraction of sp³-hybridized carbons (Fsp3) is 0.190. The van der Waals surface area contributed by atoms with Crippen LogP contribution in [0.1, 0.15) is 29.4 Å². The highest BCUT2D eigenvalue weighted by molar-refractivity contribution is 6.09. The Morgan fingerprint density at radius 3 is 2.70 bits per heavy atom. The minimum absolute atomic E-state index is 0.172. The molecule has 0 unspecified atom stereocenters. The summed E-state index contributed by atoms with van der Waals surface area (Å²) < 4.78 is 5.38. The van der Waals surface area contributed by atoms with Crippen molar-refractivity contribution < 1.29 is 14.1 Å². The SMILES string of the molecule is CC(=O)Nc1cccc2c1N(C(=O)c1cc(-c3ccccc3)on1)CCC2. The number of anilines is 2. The van der Waals surface area contributed by atoms with E-state index in [9.17, 15) is 9.59 Å². The summed E-state index contributed by atoms with van der Waals surface area (Å²) >= 11 is 0. The third-order valence-corrected chi connectivity index (χ3v) is 4.56. The van der Waals surface area contributed by atoms with E-state index in [2.05, 4.69) is 10.5 Å². The van der Waals surface area contributed by atoms with Gasteiger partial charge in [0.2, 0.25) is 5.91 Å². The van der Waals surface area contributed by atoms with Crippen LogP contribution in [0, 0.1) is 0 Å². The van der Waals surface area contributed by atoms with Gasteiger partial charge in [0.1, 0.15) is 0 Å². The molecule has 0 fully saturated rings. The van der Waals surface area contributed by atoms with Gasteiger partial charge in [-0.2, -0.15) is 0 Å². The second kappa shape index (κ2) is 7.07. The van der Waals surface area contributed by atoms with Crippen molar-refractivity contribution in [2.45, 2.75) is 19.8 Å². The molecule has 0 radical (unpaired) electrons. The lowest BCUT2D eigenvalue weighted by Gasteiger charge is -2.30. The van der Waals surface area contributed by atoms with Crippen LogP contribution >= 0.6 is 0 Å². The third kappa shape index (κ3) is 3.33. The Bertz CT molecular complexity index is 995. The predicted molar refractivity (Wildman–Crippen MR) is 103 cm³/mol. The zero-order valence-corrected chi connectivity index (χ0v) is 14.9. The van der Waals surface area contributed by atoms with E-state index in [1.165, 1.54) is 6.92 Å². The number of para-hydroxylation sites is 1. The van der Waals surface area contributed by atoms with Crippen LogP contribution in [0.5, 0.6) is 0 Å². The second-order valence-electron chi connectivity index (χ2n) is 6.50. The number of hydrogen-bond donors (Lipinski definition) is 1. The molecule has 27 heavy (non-hydrogen) atoms. The first-order chi connectivity index (χ1) is 13.1. The van der Waals surface area contributed by atoms with Crippen molar-refractivity contribution in [3.63, 3.8) is 0 Å². The zero-order valence-electron chi connectivity index (χ0n) is 14.9. The van der Waals surface area contributed by atoms with Gasteiger partial charge in [0.05, 0.1) is 11.4 Å². The molecule has 0 spiro atoms. The van der Waals surface area contributed by atoms with Crippen LogP contribution in [0.2, 0.25) is 0 Å². The molecule has 0 bridgehead atoms. The van der Waals surface area contributed by atoms with E-state index in [1.807, 2.05) is 48.5 Å². The molecule has 2 amide bonds. The fourth-order valence-electron chi connectivity index (χ4n) is 3.40. The van der Waals surface area contributed by atoms with Crippen molar-refractivity contribution >= 4 is 23.2 Å². The summed E-state index contributed by atoms with van der Waals surface area (Å²) in [5, 5.41) is 6.80. The molecule has 1 aliphatic rings. The molecule has 3 aromatic rings. The summed E-state index contributed by atoms with van der Waals surface area (Å²) in [7, 11) is 0. The van der Waals surface area contributed by atoms with E-state index in [-0.39, 0.29) is 17.5 Å². The monoisotopic (exact) mass is 361 g/mol. The number of benzene rings is 2.